The van der Waals surface area contributed by atoms with Crippen LogP contribution < -0.4 is 5.32 Å². The molecule has 1 fully saturated rings. The Morgan fingerprint density at radius 1 is 1.40 bits per heavy atom. The first kappa shape index (κ1) is 14.0. The van der Waals surface area contributed by atoms with Crippen LogP contribution >= 0.6 is 0 Å². The van der Waals surface area contributed by atoms with E-state index in [-0.39, 0.29) is 18.4 Å². The number of ether oxygens (including phenoxy) is 1. The minimum Gasteiger partial charge on any atom is -0.465 e. The van der Waals surface area contributed by atoms with Gasteiger partial charge in [0, 0.05) is 18.7 Å². The number of nitrogens with one attached hydrogen (secondary N) is 1. The molecule has 1 saturated heterocycles. The number of carbonyl (C=O) groups is 3. The lowest BCUT2D eigenvalue weighted by Crippen LogP contribution is -2.33. The highest BCUT2D eigenvalue weighted by Crippen LogP contribution is 2.13. The van der Waals surface area contributed by atoms with E-state index in [2.05, 4.69) is 10.1 Å². The number of amides is 2. The average Bonchev–Trinajstić information content (AvgIpc) is 2.83. The molecular formula is C14H16N2O4. The highest BCUT2D eigenvalue weighted by molar-refractivity contribution is 5.96. The van der Waals surface area contributed by atoms with Gasteiger partial charge in [-0.15, -0.1) is 0 Å². The van der Waals surface area contributed by atoms with Gasteiger partial charge in [0.1, 0.15) is 0 Å². The molecule has 0 aliphatic carbocycles. The van der Waals surface area contributed by atoms with E-state index in [9.17, 15) is 14.4 Å². The number of methoxy groups -OCH3 is 1. The summed E-state index contributed by atoms with van der Waals surface area (Å²) in [5.74, 6) is -0.735. The second-order valence-electron chi connectivity index (χ2n) is 4.54. The molecule has 1 N–H and O–H groups in total. The van der Waals surface area contributed by atoms with Crippen LogP contribution in [-0.2, 0) is 14.3 Å². The number of esters is 1. The molecule has 0 spiro atoms. The molecule has 1 aliphatic heterocycles. The fourth-order valence-corrected chi connectivity index (χ4v) is 2.09. The number of hydrogen-bond acceptors (Lipinski definition) is 4. The molecule has 0 bridgehead atoms. The van der Waals surface area contributed by atoms with Crippen LogP contribution in [0.1, 0.15) is 23.2 Å². The van der Waals surface area contributed by atoms with Crippen molar-refractivity contribution in [3.05, 3.63) is 29.8 Å². The first-order valence-electron chi connectivity index (χ1n) is 6.36. The van der Waals surface area contributed by atoms with E-state index in [0.717, 1.165) is 6.42 Å². The summed E-state index contributed by atoms with van der Waals surface area (Å²) < 4.78 is 4.61. The molecule has 0 saturated carbocycles. The first-order valence-corrected chi connectivity index (χ1v) is 6.36. The highest BCUT2D eigenvalue weighted by atomic mass is 16.5. The lowest BCUT2D eigenvalue weighted by Gasteiger charge is -2.15. The molecule has 0 atom stereocenters. The number of hydrogen-bond donors (Lipinski definition) is 1. The second-order valence-corrected chi connectivity index (χ2v) is 4.54. The molecule has 6 nitrogen and oxygen atoms in total. The Hall–Kier alpha value is -2.37. The van der Waals surface area contributed by atoms with Gasteiger partial charge in [-0.05, 0) is 24.6 Å². The Bertz CT molecular complexity index is 542. The predicted molar refractivity (Wildman–Crippen MR) is 72.2 cm³/mol. The fourth-order valence-electron chi connectivity index (χ4n) is 2.09. The van der Waals surface area contributed by atoms with Gasteiger partial charge in [-0.1, -0.05) is 6.07 Å². The Morgan fingerprint density at radius 2 is 2.20 bits per heavy atom. The maximum absolute atomic E-state index is 11.8. The van der Waals surface area contributed by atoms with Gasteiger partial charge < -0.3 is 15.0 Å². The molecule has 20 heavy (non-hydrogen) atoms. The summed E-state index contributed by atoms with van der Waals surface area (Å²) in [5, 5.41) is 2.67. The monoisotopic (exact) mass is 276 g/mol. The minimum absolute atomic E-state index is 0.00321. The van der Waals surface area contributed by atoms with Crippen molar-refractivity contribution < 1.29 is 19.1 Å². The predicted octanol–water partition coefficient (Wildman–Crippen LogP) is 1.03. The Kier molecular flexibility index (Phi) is 4.34. The van der Waals surface area contributed by atoms with Crippen LogP contribution in [0.25, 0.3) is 0 Å². The van der Waals surface area contributed by atoms with E-state index in [4.69, 9.17) is 0 Å². The molecular weight excluding hydrogens is 260 g/mol. The number of rotatable bonds is 4. The lowest BCUT2D eigenvalue weighted by atomic mass is 10.2. The van der Waals surface area contributed by atoms with E-state index >= 15 is 0 Å². The summed E-state index contributed by atoms with van der Waals surface area (Å²) in [4.78, 5) is 36.2. The zero-order valence-corrected chi connectivity index (χ0v) is 11.2. The van der Waals surface area contributed by atoms with Crippen molar-refractivity contribution in [1.82, 2.24) is 4.90 Å². The van der Waals surface area contributed by atoms with Gasteiger partial charge in [0.2, 0.25) is 11.8 Å². The van der Waals surface area contributed by atoms with Crippen LogP contribution in [0.3, 0.4) is 0 Å². The Morgan fingerprint density at radius 3 is 2.85 bits per heavy atom. The number of benzene rings is 1. The molecule has 1 aromatic rings. The molecule has 106 valence electrons. The van der Waals surface area contributed by atoms with E-state index in [0.29, 0.717) is 24.2 Å². The molecule has 1 heterocycles. The summed E-state index contributed by atoms with van der Waals surface area (Å²) in [5.41, 5.74) is 0.868. The zero-order valence-electron chi connectivity index (χ0n) is 11.2. The summed E-state index contributed by atoms with van der Waals surface area (Å²) in [7, 11) is 1.30. The maximum atomic E-state index is 11.8. The number of nitrogens with zero attached hydrogens (tertiary/aromatic N) is 1. The van der Waals surface area contributed by atoms with E-state index in [1.807, 2.05) is 0 Å². The van der Waals surface area contributed by atoms with Gasteiger partial charge in [-0.2, -0.15) is 0 Å². The first-order chi connectivity index (χ1) is 9.60. The van der Waals surface area contributed by atoms with Crippen LogP contribution in [-0.4, -0.2) is 42.9 Å². The topological polar surface area (TPSA) is 75.7 Å². The maximum Gasteiger partial charge on any atom is 0.337 e. The van der Waals surface area contributed by atoms with Gasteiger partial charge in [0.25, 0.3) is 0 Å². The average molecular weight is 276 g/mol. The van der Waals surface area contributed by atoms with Gasteiger partial charge in [0.05, 0.1) is 19.2 Å². The number of carbonyl (C=O) groups excluding carboxylic acids is 3. The third-order valence-electron chi connectivity index (χ3n) is 3.07. The lowest BCUT2D eigenvalue weighted by molar-refractivity contribution is -0.131. The highest BCUT2D eigenvalue weighted by Gasteiger charge is 2.22. The third-order valence-corrected chi connectivity index (χ3v) is 3.07. The molecule has 0 radical (unpaired) electrons. The fraction of sp³-hybridized carbons (Fsp3) is 0.357. The van der Waals surface area contributed by atoms with Crippen LogP contribution in [0.2, 0.25) is 0 Å². The number of anilines is 1. The van der Waals surface area contributed by atoms with E-state index in [1.54, 1.807) is 18.2 Å². The molecule has 0 unspecified atom stereocenters. The van der Waals surface area contributed by atoms with E-state index < -0.39 is 5.97 Å². The molecule has 1 aromatic carbocycles. The molecule has 1 aliphatic rings. The summed E-state index contributed by atoms with van der Waals surface area (Å²) >= 11 is 0. The van der Waals surface area contributed by atoms with Crippen LogP contribution in [0.5, 0.6) is 0 Å². The number of likely N-dealkylation sites (tertiary alicyclic amines) is 1. The Labute approximate surface area is 116 Å². The largest absolute Gasteiger partial charge is 0.465 e. The van der Waals surface area contributed by atoms with Crippen LogP contribution in [0.15, 0.2) is 24.3 Å². The summed E-state index contributed by atoms with van der Waals surface area (Å²) in [6, 6.07) is 6.47. The third kappa shape index (κ3) is 3.34. The van der Waals surface area contributed by atoms with Gasteiger partial charge in [-0.25, -0.2) is 4.79 Å². The molecule has 2 amide bonds. The van der Waals surface area contributed by atoms with Crippen molar-refractivity contribution in [3.63, 3.8) is 0 Å². The minimum atomic E-state index is -0.462. The summed E-state index contributed by atoms with van der Waals surface area (Å²) in [6.07, 6.45) is 1.30. The zero-order chi connectivity index (χ0) is 14.5. The van der Waals surface area contributed by atoms with Crippen molar-refractivity contribution in [2.24, 2.45) is 0 Å². The van der Waals surface area contributed by atoms with Crippen LogP contribution in [0.4, 0.5) is 5.69 Å². The van der Waals surface area contributed by atoms with Crippen molar-refractivity contribution in [3.8, 4) is 0 Å². The van der Waals surface area contributed by atoms with Gasteiger partial charge in [0.15, 0.2) is 0 Å². The standard InChI is InChI=1S/C14H16N2O4/c1-20-14(19)10-4-2-5-11(8-10)15-12(17)9-16-7-3-6-13(16)18/h2,4-5,8H,3,6-7,9H2,1H3,(H,15,17). The SMILES string of the molecule is COC(=O)c1cccc(NC(=O)CN2CCCC2=O)c1. The van der Waals surface area contributed by atoms with E-state index in [1.165, 1.54) is 18.1 Å². The van der Waals surface area contributed by atoms with Crippen molar-refractivity contribution in [2.75, 3.05) is 25.5 Å². The normalized spacial score (nSPS) is 14.2. The van der Waals surface area contributed by atoms with Crippen molar-refractivity contribution in [2.45, 2.75) is 12.8 Å². The molecule has 6 heteroatoms. The smallest absolute Gasteiger partial charge is 0.337 e. The Balaban J connectivity index is 1.97. The summed E-state index contributed by atoms with van der Waals surface area (Å²) in [6.45, 7) is 0.662. The van der Waals surface area contributed by atoms with Crippen molar-refractivity contribution >= 4 is 23.5 Å². The van der Waals surface area contributed by atoms with Gasteiger partial charge >= 0.3 is 5.97 Å². The van der Waals surface area contributed by atoms with Crippen molar-refractivity contribution in [1.29, 1.82) is 0 Å². The quantitative estimate of drug-likeness (QED) is 0.833. The van der Waals surface area contributed by atoms with Crippen LogP contribution in [0, 0.1) is 0 Å². The van der Waals surface area contributed by atoms with Gasteiger partial charge in [-0.3, -0.25) is 9.59 Å². The second kappa shape index (κ2) is 6.18. The molecule has 0 aromatic heterocycles. The molecule has 2 rings (SSSR count).